The molecule has 0 fully saturated rings. The molecule has 1 nitrogen and oxygen atoms in total. The van der Waals surface area contributed by atoms with Crippen molar-refractivity contribution in [3.63, 3.8) is 0 Å². The number of rotatable bonds is 0. The molecular weight excluding hydrogens is 280 g/mol. The van der Waals surface area contributed by atoms with Crippen molar-refractivity contribution in [3.05, 3.63) is 71.8 Å². The average Bonchev–Trinajstić information content (AvgIpc) is 2.94. The van der Waals surface area contributed by atoms with Gasteiger partial charge >= 0.3 is 0 Å². The van der Waals surface area contributed by atoms with Gasteiger partial charge in [-0.3, -0.25) is 0 Å². The van der Waals surface area contributed by atoms with E-state index in [1.165, 1.54) is 43.4 Å². The van der Waals surface area contributed by atoms with Crippen molar-refractivity contribution in [3.8, 4) is 0 Å². The highest BCUT2D eigenvalue weighted by Crippen LogP contribution is 2.39. The van der Waals surface area contributed by atoms with Crippen LogP contribution in [0.15, 0.2) is 65.1 Å². The first kappa shape index (κ1) is 12.7. The number of aryl methyl sites for hydroxylation is 2. The highest BCUT2D eigenvalue weighted by Gasteiger charge is 2.14. The number of fused-ring (bicyclic) bond motifs is 7. The van der Waals surface area contributed by atoms with Crippen LogP contribution in [0.3, 0.4) is 0 Å². The van der Waals surface area contributed by atoms with E-state index in [0.717, 1.165) is 11.2 Å². The van der Waals surface area contributed by atoms with Crippen molar-refractivity contribution >= 4 is 43.5 Å². The molecule has 1 heteroatoms. The Kier molecular flexibility index (Phi) is 2.41. The van der Waals surface area contributed by atoms with Gasteiger partial charge in [0.1, 0.15) is 11.2 Å². The highest BCUT2D eigenvalue weighted by atomic mass is 16.3. The molecular formula is C22H16O. The van der Waals surface area contributed by atoms with Gasteiger partial charge in [-0.15, -0.1) is 0 Å². The fourth-order valence-electron chi connectivity index (χ4n) is 3.73. The van der Waals surface area contributed by atoms with Crippen LogP contribution in [0.5, 0.6) is 0 Å². The van der Waals surface area contributed by atoms with Gasteiger partial charge < -0.3 is 4.42 Å². The predicted octanol–water partition coefficient (Wildman–Crippen LogP) is 6.51. The van der Waals surface area contributed by atoms with Crippen molar-refractivity contribution in [2.24, 2.45) is 0 Å². The van der Waals surface area contributed by atoms with E-state index in [4.69, 9.17) is 4.42 Å². The first-order valence-electron chi connectivity index (χ1n) is 7.96. The molecule has 0 amide bonds. The Balaban J connectivity index is 2.09. The van der Waals surface area contributed by atoms with Crippen LogP contribution in [-0.2, 0) is 0 Å². The molecule has 0 atom stereocenters. The zero-order valence-electron chi connectivity index (χ0n) is 13.2. The van der Waals surface area contributed by atoms with Gasteiger partial charge in [0.05, 0.1) is 0 Å². The zero-order chi connectivity index (χ0) is 15.6. The fraction of sp³-hybridized carbons (Fsp3) is 0.0909. The smallest absolute Gasteiger partial charge is 0.143 e. The Bertz CT molecular complexity index is 1220. The minimum Gasteiger partial charge on any atom is -0.455 e. The molecule has 0 saturated heterocycles. The summed E-state index contributed by atoms with van der Waals surface area (Å²) < 4.78 is 6.26. The van der Waals surface area contributed by atoms with Gasteiger partial charge in [-0.05, 0) is 47.7 Å². The molecule has 0 radical (unpaired) electrons. The third kappa shape index (κ3) is 1.68. The zero-order valence-corrected chi connectivity index (χ0v) is 13.2. The molecule has 23 heavy (non-hydrogen) atoms. The molecule has 0 aliphatic rings. The summed E-state index contributed by atoms with van der Waals surface area (Å²) in [5.74, 6) is 0. The number of furan rings is 1. The van der Waals surface area contributed by atoms with Crippen LogP contribution < -0.4 is 0 Å². The monoisotopic (exact) mass is 296 g/mol. The van der Waals surface area contributed by atoms with E-state index < -0.39 is 0 Å². The van der Waals surface area contributed by atoms with Crippen LogP contribution in [0.2, 0.25) is 0 Å². The molecule has 110 valence electrons. The van der Waals surface area contributed by atoms with E-state index in [2.05, 4.69) is 74.5 Å². The van der Waals surface area contributed by atoms with E-state index in [9.17, 15) is 0 Å². The molecule has 0 bridgehead atoms. The lowest BCUT2D eigenvalue weighted by Gasteiger charge is -2.04. The fourth-order valence-corrected chi connectivity index (χ4v) is 3.73. The minimum atomic E-state index is 0.965. The lowest BCUT2D eigenvalue weighted by molar-refractivity contribution is 0.673. The average molecular weight is 296 g/mol. The molecule has 1 aromatic heterocycles. The summed E-state index contributed by atoms with van der Waals surface area (Å²) in [6.07, 6.45) is 0. The molecule has 5 aromatic rings. The van der Waals surface area contributed by atoms with E-state index in [-0.39, 0.29) is 0 Å². The summed E-state index contributed by atoms with van der Waals surface area (Å²) in [7, 11) is 0. The number of hydrogen-bond donors (Lipinski definition) is 0. The first-order chi connectivity index (χ1) is 11.2. The van der Waals surface area contributed by atoms with Gasteiger partial charge in [0.2, 0.25) is 0 Å². The van der Waals surface area contributed by atoms with E-state index in [1.807, 2.05) is 0 Å². The highest BCUT2D eigenvalue weighted by molar-refractivity contribution is 6.23. The van der Waals surface area contributed by atoms with Crippen LogP contribution in [0.25, 0.3) is 43.5 Å². The second kappa shape index (κ2) is 4.36. The minimum absolute atomic E-state index is 0.965. The normalized spacial score (nSPS) is 11.9. The van der Waals surface area contributed by atoms with Gasteiger partial charge in [0.15, 0.2) is 0 Å². The van der Waals surface area contributed by atoms with Crippen molar-refractivity contribution in [2.75, 3.05) is 0 Å². The second-order valence-corrected chi connectivity index (χ2v) is 6.38. The van der Waals surface area contributed by atoms with Gasteiger partial charge in [0, 0.05) is 16.2 Å². The lowest BCUT2D eigenvalue weighted by Crippen LogP contribution is -1.80. The predicted molar refractivity (Wildman–Crippen MR) is 98.2 cm³/mol. The Hall–Kier alpha value is -2.80. The lowest BCUT2D eigenvalue weighted by atomic mass is 9.98. The van der Waals surface area contributed by atoms with Crippen molar-refractivity contribution in [1.29, 1.82) is 0 Å². The molecule has 0 saturated carbocycles. The van der Waals surface area contributed by atoms with Crippen LogP contribution in [-0.4, -0.2) is 0 Å². The molecule has 0 aliphatic heterocycles. The van der Waals surface area contributed by atoms with E-state index in [0.29, 0.717) is 0 Å². The molecule has 0 aliphatic carbocycles. The second-order valence-electron chi connectivity index (χ2n) is 6.38. The molecule has 0 N–H and O–H groups in total. The van der Waals surface area contributed by atoms with Crippen LogP contribution in [0.1, 0.15) is 11.1 Å². The maximum absolute atomic E-state index is 6.26. The Morgan fingerprint density at radius 3 is 2.39 bits per heavy atom. The molecule has 0 unspecified atom stereocenters. The van der Waals surface area contributed by atoms with Crippen LogP contribution >= 0.6 is 0 Å². The quantitative estimate of drug-likeness (QED) is 0.317. The summed E-state index contributed by atoms with van der Waals surface area (Å²) in [5.41, 5.74) is 4.53. The first-order valence-corrected chi connectivity index (χ1v) is 7.96. The summed E-state index contributed by atoms with van der Waals surface area (Å²) >= 11 is 0. The Labute approximate surface area is 134 Å². The van der Waals surface area contributed by atoms with Crippen molar-refractivity contribution in [2.45, 2.75) is 13.8 Å². The summed E-state index contributed by atoms with van der Waals surface area (Å²) in [4.78, 5) is 0. The largest absolute Gasteiger partial charge is 0.455 e. The summed E-state index contributed by atoms with van der Waals surface area (Å²) in [6, 6.07) is 21.6. The standard InChI is InChI=1S/C22H16O/c1-13-7-9-17-15(11-13)8-10-20-21(17)19-12-14(2)16-5-3-4-6-18(16)22(19)23-20/h3-12H,1-2H3. The Morgan fingerprint density at radius 1 is 0.696 bits per heavy atom. The molecule has 5 rings (SSSR count). The maximum Gasteiger partial charge on any atom is 0.143 e. The Morgan fingerprint density at radius 2 is 1.52 bits per heavy atom. The van der Waals surface area contributed by atoms with Crippen LogP contribution in [0, 0.1) is 13.8 Å². The molecule has 0 spiro atoms. The topological polar surface area (TPSA) is 13.1 Å². The third-order valence-corrected chi connectivity index (χ3v) is 4.82. The summed E-state index contributed by atoms with van der Waals surface area (Å²) in [6.45, 7) is 4.31. The molecule has 1 heterocycles. The van der Waals surface area contributed by atoms with Gasteiger partial charge in [0.25, 0.3) is 0 Å². The van der Waals surface area contributed by atoms with Gasteiger partial charge in [-0.25, -0.2) is 0 Å². The number of hydrogen-bond acceptors (Lipinski definition) is 1. The number of benzene rings is 4. The van der Waals surface area contributed by atoms with Crippen molar-refractivity contribution in [1.82, 2.24) is 0 Å². The van der Waals surface area contributed by atoms with Gasteiger partial charge in [-0.1, -0.05) is 54.1 Å². The third-order valence-electron chi connectivity index (χ3n) is 4.82. The van der Waals surface area contributed by atoms with E-state index >= 15 is 0 Å². The van der Waals surface area contributed by atoms with Crippen LogP contribution in [0.4, 0.5) is 0 Å². The maximum atomic E-state index is 6.26. The van der Waals surface area contributed by atoms with Gasteiger partial charge in [-0.2, -0.15) is 0 Å². The van der Waals surface area contributed by atoms with Crippen molar-refractivity contribution < 1.29 is 4.42 Å². The summed E-state index contributed by atoms with van der Waals surface area (Å²) in [5, 5.41) is 7.43. The SMILES string of the molecule is Cc1ccc2c(ccc3oc4c5ccccc5c(C)cc4c32)c1. The molecule has 4 aromatic carbocycles. The van der Waals surface area contributed by atoms with E-state index in [1.54, 1.807) is 0 Å².